The highest BCUT2D eigenvalue weighted by atomic mass is 16.4. The van der Waals surface area contributed by atoms with Crippen LogP contribution in [0.15, 0.2) is 0 Å². The summed E-state index contributed by atoms with van der Waals surface area (Å²) in [5.74, 6) is -3.64. The van der Waals surface area contributed by atoms with Crippen molar-refractivity contribution in [1.82, 2.24) is 0 Å². The Balaban J connectivity index is -0.000000197. The third kappa shape index (κ3) is 48.6. The van der Waals surface area contributed by atoms with Crippen molar-refractivity contribution in [3.05, 3.63) is 0 Å². The largest absolute Gasteiger partial charge is 0.481 e. The average molecular weight is 266 g/mol. The van der Waals surface area contributed by atoms with Crippen molar-refractivity contribution >= 4 is 23.9 Å². The number of carbonyl (C=O) groups is 4. The first-order valence-corrected chi connectivity index (χ1v) is 5.04. The highest BCUT2D eigenvalue weighted by Gasteiger charge is 2.00. The second-order valence-corrected chi connectivity index (χ2v) is 2.78. The van der Waals surface area contributed by atoms with E-state index in [-0.39, 0.29) is 25.7 Å². The van der Waals surface area contributed by atoms with Gasteiger partial charge in [-0.2, -0.15) is 0 Å². The molecule has 4 N–H and O–H groups in total. The van der Waals surface area contributed by atoms with Gasteiger partial charge in [-0.1, -0.05) is 13.8 Å². The zero-order valence-electron chi connectivity index (χ0n) is 10.3. The maximum atomic E-state index is 9.64. The van der Waals surface area contributed by atoms with Gasteiger partial charge in [-0.25, -0.2) is 0 Å². The molecule has 106 valence electrons. The van der Waals surface area contributed by atoms with E-state index in [0.717, 1.165) is 0 Å². The predicted octanol–water partition coefficient (Wildman–Crippen LogP) is 0.898. The summed E-state index contributed by atoms with van der Waals surface area (Å²) in [5.41, 5.74) is 0. The quantitative estimate of drug-likeness (QED) is 0.573. The number of hydrogen-bond acceptors (Lipinski definition) is 4. The molecule has 0 aromatic heterocycles. The SMILES string of the molecule is CCC(=O)O.CCC(=O)O.O=C(O)CCC(=O)O. The molecule has 0 atom stereocenters. The van der Waals surface area contributed by atoms with Crippen LogP contribution < -0.4 is 0 Å². The molecule has 0 saturated heterocycles. The van der Waals surface area contributed by atoms with Gasteiger partial charge in [0, 0.05) is 12.8 Å². The molecule has 0 bridgehead atoms. The molecule has 0 aliphatic heterocycles. The van der Waals surface area contributed by atoms with Crippen LogP contribution in [0.5, 0.6) is 0 Å². The van der Waals surface area contributed by atoms with E-state index in [1.807, 2.05) is 0 Å². The summed E-state index contributed by atoms with van der Waals surface area (Å²) < 4.78 is 0. The van der Waals surface area contributed by atoms with Gasteiger partial charge in [0.15, 0.2) is 0 Å². The summed E-state index contributed by atoms with van der Waals surface area (Å²) in [4.78, 5) is 38.0. The molecule has 0 aliphatic carbocycles. The maximum absolute atomic E-state index is 9.64. The Morgan fingerprint density at radius 3 is 0.833 bits per heavy atom. The molecule has 0 fully saturated rings. The van der Waals surface area contributed by atoms with E-state index < -0.39 is 23.9 Å². The first kappa shape index (κ1) is 21.2. The van der Waals surface area contributed by atoms with Crippen LogP contribution in [0.25, 0.3) is 0 Å². The average Bonchev–Trinajstić information content (AvgIpc) is 2.27. The first-order valence-electron chi connectivity index (χ1n) is 5.04. The van der Waals surface area contributed by atoms with E-state index in [2.05, 4.69) is 0 Å². The summed E-state index contributed by atoms with van der Waals surface area (Å²) >= 11 is 0. The molecular weight excluding hydrogens is 248 g/mol. The molecule has 0 aliphatic rings. The van der Waals surface area contributed by atoms with Gasteiger partial charge >= 0.3 is 23.9 Å². The standard InChI is InChI=1S/C4H6O4.2C3H6O2/c5-3(6)1-2-4(7)8;2*1-2-3(4)5/h1-2H2,(H,5,6)(H,7,8);2*2H2,1H3,(H,4,5). The maximum Gasteiger partial charge on any atom is 0.303 e. The molecule has 0 heterocycles. The van der Waals surface area contributed by atoms with Crippen molar-refractivity contribution in [1.29, 1.82) is 0 Å². The molecule has 0 aromatic carbocycles. The summed E-state index contributed by atoms with van der Waals surface area (Å²) in [6.45, 7) is 3.20. The Hall–Kier alpha value is -2.12. The zero-order chi connectivity index (χ0) is 15.1. The van der Waals surface area contributed by atoms with Gasteiger partial charge in [0.2, 0.25) is 0 Å². The van der Waals surface area contributed by atoms with Gasteiger partial charge < -0.3 is 20.4 Å². The second kappa shape index (κ2) is 14.9. The Kier molecular flexibility index (Phi) is 17.5. The van der Waals surface area contributed by atoms with Gasteiger partial charge in [0.05, 0.1) is 12.8 Å². The topological polar surface area (TPSA) is 149 Å². The lowest BCUT2D eigenvalue weighted by Crippen LogP contribution is -2.00. The number of carboxylic acids is 4. The third-order valence-corrected chi connectivity index (χ3v) is 1.16. The fourth-order valence-electron chi connectivity index (χ4n) is 0.214. The molecule has 8 nitrogen and oxygen atoms in total. The van der Waals surface area contributed by atoms with E-state index in [1.165, 1.54) is 0 Å². The van der Waals surface area contributed by atoms with E-state index in [9.17, 15) is 19.2 Å². The molecule has 8 heteroatoms. The number of aliphatic carboxylic acids is 4. The smallest absolute Gasteiger partial charge is 0.303 e. The number of rotatable bonds is 5. The van der Waals surface area contributed by atoms with Crippen molar-refractivity contribution < 1.29 is 39.6 Å². The summed E-state index contributed by atoms with van der Waals surface area (Å²) in [7, 11) is 0. The molecule has 0 aromatic rings. The van der Waals surface area contributed by atoms with E-state index in [4.69, 9.17) is 20.4 Å². The monoisotopic (exact) mass is 266 g/mol. The molecule has 0 unspecified atom stereocenters. The molecule has 0 amide bonds. The van der Waals surface area contributed by atoms with Crippen LogP contribution >= 0.6 is 0 Å². The van der Waals surface area contributed by atoms with Gasteiger partial charge in [0.25, 0.3) is 0 Å². The van der Waals surface area contributed by atoms with Crippen LogP contribution in [0.3, 0.4) is 0 Å². The van der Waals surface area contributed by atoms with Gasteiger partial charge in [0.1, 0.15) is 0 Å². The Morgan fingerprint density at radius 1 is 0.611 bits per heavy atom. The fourth-order valence-corrected chi connectivity index (χ4v) is 0.214. The predicted molar refractivity (Wildman–Crippen MR) is 60.4 cm³/mol. The van der Waals surface area contributed by atoms with E-state index in [1.54, 1.807) is 13.8 Å². The fraction of sp³-hybridized carbons (Fsp3) is 0.600. The van der Waals surface area contributed by atoms with Gasteiger partial charge in [-0.15, -0.1) is 0 Å². The minimum atomic E-state index is -1.08. The van der Waals surface area contributed by atoms with Crippen molar-refractivity contribution in [3.63, 3.8) is 0 Å². The van der Waals surface area contributed by atoms with E-state index >= 15 is 0 Å². The molecule has 18 heavy (non-hydrogen) atoms. The van der Waals surface area contributed by atoms with Crippen LogP contribution in [0.1, 0.15) is 39.5 Å². The lowest BCUT2D eigenvalue weighted by Gasteiger charge is -1.85. The normalized spacial score (nSPS) is 7.89. The minimum absolute atomic E-state index is 0.222. The van der Waals surface area contributed by atoms with Crippen molar-refractivity contribution in [3.8, 4) is 0 Å². The summed E-state index contributed by atoms with van der Waals surface area (Å²) in [6.07, 6.45) is -0.148. The Morgan fingerprint density at radius 2 is 0.778 bits per heavy atom. The summed E-state index contributed by atoms with van der Waals surface area (Å²) in [5, 5.41) is 31.2. The lowest BCUT2D eigenvalue weighted by molar-refractivity contribution is -0.143. The van der Waals surface area contributed by atoms with Crippen LogP contribution in [0, 0.1) is 0 Å². The molecule has 0 saturated carbocycles. The third-order valence-electron chi connectivity index (χ3n) is 1.16. The molecular formula is C10H18O8. The van der Waals surface area contributed by atoms with Crippen LogP contribution in [0.4, 0.5) is 0 Å². The number of carboxylic acid groups (broad SMARTS) is 4. The highest BCUT2D eigenvalue weighted by Crippen LogP contribution is 1.86. The van der Waals surface area contributed by atoms with Gasteiger partial charge in [-0.3, -0.25) is 19.2 Å². The van der Waals surface area contributed by atoms with Crippen molar-refractivity contribution in [2.75, 3.05) is 0 Å². The lowest BCUT2D eigenvalue weighted by atomic mass is 10.3. The molecule has 0 spiro atoms. The van der Waals surface area contributed by atoms with Crippen molar-refractivity contribution in [2.24, 2.45) is 0 Å². The van der Waals surface area contributed by atoms with E-state index in [0.29, 0.717) is 0 Å². The van der Waals surface area contributed by atoms with Crippen molar-refractivity contribution in [2.45, 2.75) is 39.5 Å². The minimum Gasteiger partial charge on any atom is -0.481 e. The Bertz CT molecular complexity index is 243. The molecule has 0 radical (unpaired) electrons. The van der Waals surface area contributed by atoms with Crippen LogP contribution in [0.2, 0.25) is 0 Å². The number of hydrogen-bond donors (Lipinski definition) is 4. The first-order chi connectivity index (χ1) is 8.17. The van der Waals surface area contributed by atoms with Crippen LogP contribution in [-0.4, -0.2) is 44.3 Å². The molecule has 0 rings (SSSR count). The second-order valence-electron chi connectivity index (χ2n) is 2.78. The summed E-state index contributed by atoms with van der Waals surface area (Å²) in [6, 6.07) is 0. The zero-order valence-corrected chi connectivity index (χ0v) is 10.3. The Labute approximate surface area is 104 Å². The highest BCUT2D eigenvalue weighted by molar-refractivity contribution is 5.75. The van der Waals surface area contributed by atoms with Gasteiger partial charge in [-0.05, 0) is 0 Å². The van der Waals surface area contributed by atoms with Crippen LogP contribution in [-0.2, 0) is 19.2 Å².